The molecule has 1 heterocycles. The number of fused-ring (bicyclic) bond motifs is 1. The Morgan fingerprint density at radius 2 is 1.74 bits per heavy atom. The fraction of sp³-hybridized carbons (Fsp3) is 0.0625. The van der Waals surface area contributed by atoms with Crippen molar-refractivity contribution >= 4 is 21.6 Å². The number of benzene rings is 2. The summed E-state index contributed by atoms with van der Waals surface area (Å²) in [7, 11) is 1.78. The van der Waals surface area contributed by atoms with Crippen molar-refractivity contribution in [1.82, 2.24) is 3.96 Å². The summed E-state index contributed by atoms with van der Waals surface area (Å²) in [6.07, 6.45) is 0. The highest BCUT2D eigenvalue weighted by Crippen LogP contribution is 2.17. The highest BCUT2D eigenvalue weighted by Gasteiger charge is 2.04. The summed E-state index contributed by atoms with van der Waals surface area (Å²) in [6.45, 7) is 0. The molecular formula is C16H11NOS. The van der Waals surface area contributed by atoms with E-state index in [1.54, 1.807) is 11.0 Å². The number of nitrogens with zero attached hydrogens (tertiary/aromatic N) is 1. The Balaban J connectivity index is 2.05. The van der Waals surface area contributed by atoms with Crippen LogP contribution in [0.25, 0.3) is 10.1 Å². The van der Waals surface area contributed by atoms with Crippen LogP contribution in [0.3, 0.4) is 0 Å². The van der Waals surface area contributed by atoms with E-state index < -0.39 is 0 Å². The molecule has 2 nitrogen and oxygen atoms in total. The van der Waals surface area contributed by atoms with Crippen LogP contribution in [0.4, 0.5) is 0 Å². The number of aryl methyl sites for hydroxylation is 1. The smallest absolute Gasteiger partial charge is 0.268 e. The summed E-state index contributed by atoms with van der Waals surface area (Å²) in [6, 6.07) is 15.6. The second-order valence-corrected chi connectivity index (χ2v) is 5.39. The summed E-state index contributed by atoms with van der Waals surface area (Å²) < 4.78 is 2.64. The van der Waals surface area contributed by atoms with Crippen molar-refractivity contribution in [2.75, 3.05) is 0 Å². The molecule has 0 aliphatic rings. The molecule has 0 unspecified atom stereocenters. The van der Waals surface area contributed by atoms with Gasteiger partial charge in [0, 0.05) is 18.2 Å². The number of aromatic nitrogens is 1. The van der Waals surface area contributed by atoms with Crippen molar-refractivity contribution in [3.63, 3.8) is 0 Å². The molecule has 0 saturated carbocycles. The highest BCUT2D eigenvalue weighted by atomic mass is 32.1. The second-order valence-electron chi connectivity index (χ2n) is 4.22. The fourth-order valence-corrected chi connectivity index (χ4v) is 2.73. The highest BCUT2D eigenvalue weighted by molar-refractivity contribution is 7.13. The molecule has 0 aliphatic carbocycles. The Morgan fingerprint density at radius 1 is 1.00 bits per heavy atom. The fourth-order valence-electron chi connectivity index (χ4n) is 1.88. The van der Waals surface area contributed by atoms with Gasteiger partial charge in [0.1, 0.15) is 0 Å². The van der Waals surface area contributed by atoms with E-state index in [-0.39, 0.29) is 5.56 Å². The third kappa shape index (κ3) is 2.31. The molecule has 0 amide bonds. The molecule has 19 heavy (non-hydrogen) atoms. The van der Waals surface area contributed by atoms with Crippen molar-refractivity contribution in [2.24, 2.45) is 7.05 Å². The van der Waals surface area contributed by atoms with Crippen molar-refractivity contribution in [1.29, 1.82) is 0 Å². The normalized spacial score (nSPS) is 10.2. The first kappa shape index (κ1) is 11.8. The molecule has 3 heteroatoms. The average Bonchev–Trinajstić information content (AvgIpc) is 2.73. The topological polar surface area (TPSA) is 22.0 Å². The molecule has 0 aliphatic heterocycles. The second kappa shape index (κ2) is 4.75. The lowest BCUT2D eigenvalue weighted by molar-refractivity contribution is 0.989. The molecule has 0 saturated heterocycles. The van der Waals surface area contributed by atoms with Crippen LogP contribution in [-0.2, 0) is 7.05 Å². The molecule has 0 fully saturated rings. The van der Waals surface area contributed by atoms with Gasteiger partial charge in [0.05, 0.1) is 10.1 Å². The molecule has 0 spiro atoms. The van der Waals surface area contributed by atoms with Crippen molar-refractivity contribution in [3.05, 3.63) is 70.0 Å². The average molecular weight is 265 g/mol. The van der Waals surface area contributed by atoms with Gasteiger partial charge in [-0.15, -0.1) is 0 Å². The molecule has 0 atom stereocenters. The van der Waals surface area contributed by atoms with Gasteiger partial charge in [-0.1, -0.05) is 41.6 Å². The Labute approximate surface area is 115 Å². The SMILES string of the molecule is Cn1sc2ccc(C#Cc3ccccc3)cc2c1=O. The molecule has 0 N–H and O–H groups in total. The van der Waals surface area contributed by atoms with Crippen LogP contribution in [0.5, 0.6) is 0 Å². The Morgan fingerprint density at radius 3 is 2.53 bits per heavy atom. The van der Waals surface area contributed by atoms with E-state index in [1.165, 1.54) is 11.5 Å². The first-order valence-corrected chi connectivity index (χ1v) is 6.68. The number of hydrogen-bond acceptors (Lipinski definition) is 2. The van der Waals surface area contributed by atoms with Crippen LogP contribution in [-0.4, -0.2) is 3.96 Å². The van der Waals surface area contributed by atoms with Crippen molar-refractivity contribution < 1.29 is 0 Å². The zero-order valence-corrected chi connectivity index (χ0v) is 11.2. The first-order valence-electron chi connectivity index (χ1n) is 5.91. The summed E-state index contributed by atoms with van der Waals surface area (Å²) in [4.78, 5) is 11.9. The van der Waals surface area contributed by atoms with Gasteiger partial charge in [-0.05, 0) is 30.3 Å². The molecule has 0 radical (unpaired) electrons. The van der Waals surface area contributed by atoms with Crippen LogP contribution in [0.1, 0.15) is 11.1 Å². The van der Waals surface area contributed by atoms with Crippen LogP contribution >= 0.6 is 11.5 Å². The van der Waals surface area contributed by atoms with Crippen LogP contribution in [0.15, 0.2) is 53.3 Å². The van der Waals surface area contributed by atoms with Gasteiger partial charge in [0.15, 0.2) is 0 Å². The molecule has 1 aromatic heterocycles. The minimum absolute atomic E-state index is 0.0448. The van der Waals surface area contributed by atoms with Crippen molar-refractivity contribution in [3.8, 4) is 11.8 Å². The quantitative estimate of drug-likeness (QED) is 0.573. The monoisotopic (exact) mass is 265 g/mol. The zero-order chi connectivity index (χ0) is 13.2. The molecular weight excluding hydrogens is 254 g/mol. The van der Waals surface area contributed by atoms with Gasteiger partial charge in [0.25, 0.3) is 5.56 Å². The zero-order valence-electron chi connectivity index (χ0n) is 10.4. The third-order valence-corrected chi connectivity index (χ3v) is 3.85. The van der Waals surface area contributed by atoms with Crippen LogP contribution in [0.2, 0.25) is 0 Å². The van der Waals surface area contributed by atoms with E-state index in [0.717, 1.165) is 21.2 Å². The van der Waals surface area contributed by atoms with Gasteiger partial charge in [-0.3, -0.25) is 8.75 Å². The van der Waals surface area contributed by atoms with E-state index >= 15 is 0 Å². The van der Waals surface area contributed by atoms with E-state index in [4.69, 9.17) is 0 Å². The Hall–Kier alpha value is -2.31. The van der Waals surface area contributed by atoms with Crippen LogP contribution < -0.4 is 5.56 Å². The largest absolute Gasteiger partial charge is 0.268 e. The van der Waals surface area contributed by atoms with Gasteiger partial charge in [0.2, 0.25) is 0 Å². The lowest BCUT2D eigenvalue weighted by Gasteiger charge is -1.90. The number of rotatable bonds is 0. The maximum absolute atomic E-state index is 11.9. The first-order chi connectivity index (χ1) is 9.24. The molecule has 3 aromatic rings. The minimum Gasteiger partial charge on any atom is -0.268 e. The molecule has 92 valence electrons. The third-order valence-electron chi connectivity index (χ3n) is 2.86. The standard InChI is InChI=1S/C16H11NOS/c1-17-16(18)14-11-13(9-10-15(14)19-17)8-7-12-5-3-2-4-6-12/h2-6,9-11H,1H3. The lowest BCUT2D eigenvalue weighted by Crippen LogP contribution is -2.07. The Kier molecular flexibility index (Phi) is 2.94. The van der Waals surface area contributed by atoms with E-state index in [2.05, 4.69) is 11.8 Å². The Bertz CT molecular complexity index is 847. The van der Waals surface area contributed by atoms with E-state index in [9.17, 15) is 4.79 Å². The van der Waals surface area contributed by atoms with E-state index in [1.807, 2.05) is 48.5 Å². The van der Waals surface area contributed by atoms with Gasteiger partial charge < -0.3 is 0 Å². The van der Waals surface area contributed by atoms with Crippen molar-refractivity contribution in [2.45, 2.75) is 0 Å². The minimum atomic E-state index is 0.0448. The predicted molar refractivity (Wildman–Crippen MR) is 79.5 cm³/mol. The summed E-state index contributed by atoms with van der Waals surface area (Å²) >= 11 is 1.46. The van der Waals surface area contributed by atoms with Gasteiger partial charge in [-0.25, -0.2) is 0 Å². The molecule has 0 bridgehead atoms. The maximum Gasteiger partial charge on any atom is 0.268 e. The lowest BCUT2D eigenvalue weighted by atomic mass is 10.1. The summed E-state index contributed by atoms with van der Waals surface area (Å²) in [5.41, 5.74) is 1.89. The van der Waals surface area contributed by atoms with Gasteiger partial charge >= 0.3 is 0 Å². The van der Waals surface area contributed by atoms with E-state index in [0.29, 0.717) is 0 Å². The number of hydrogen-bond donors (Lipinski definition) is 0. The molecule has 3 rings (SSSR count). The predicted octanol–water partition coefficient (Wildman–Crippen LogP) is 3.00. The summed E-state index contributed by atoms with van der Waals surface area (Å²) in [5, 5.41) is 0.743. The molecule has 2 aromatic carbocycles. The van der Waals surface area contributed by atoms with Crippen LogP contribution in [0, 0.1) is 11.8 Å². The summed E-state index contributed by atoms with van der Waals surface area (Å²) in [5.74, 6) is 6.19. The van der Waals surface area contributed by atoms with Gasteiger partial charge in [-0.2, -0.15) is 0 Å². The maximum atomic E-state index is 11.9.